The fraction of sp³-hybridized carbons (Fsp3) is 0.600. The molecule has 1 aliphatic rings. The van der Waals surface area contributed by atoms with E-state index in [0.717, 1.165) is 30.6 Å². The van der Waals surface area contributed by atoms with Crippen molar-refractivity contribution in [1.29, 1.82) is 0 Å². The SMILES string of the molecule is Cc1cccc(C(F)CC2CCCNCC2)c1. The Morgan fingerprint density at radius 1 is 1.35 bits per heavy atom. The lowest BCUT2D eigenvalue weighted by Gasteiger charge is -2.17. The molecule has 2 rings (SSSR count). The van der Waals surface area contributed by atoms with Crippen LogP contribution in [0.2, 0.25) is 0 Å². The Kier molecular flexibility index (Phi) is 4.55. The van der Waals surface area contributed by atoms with Crippen molar-refractivity contribution in [2.45, 2.75) is 38.8 Å². The molecule has 0 amide bonds. The zero-order chi connectivity index (χ0) is 12.1. The molecule has 2 heteroatoms. The Labute approximate surface area is 103 Å². The van der Waals surface area contributed by atoms with Gasteiger partial charge in [-0.3, -0.25) is 0 Å². The molecular weight excluding hydrogens is 213 g/mol. The second-order valence-corrected chi connectivity index (χ2v) is 5.16. The molecule has 2 unspecified atom stereocenters. The maximum atomic E-state index is 14.2. The third kappa shape index (κ3) is 3.81. The standard InChI is InChI=1S/C15H22FN/c1-12-4-2-6-14(10-12)15(16)11-13-5-3-8-17-9-7-13/h2,4,6,10,13,15,17H,3,5,7-9,11H2,1H3. The van der Waals surface area contributed by atoms with Crippen LogP contribution in [0.3, 0.4) is 0 Å². The average molecular weight is 235 g/mol. The molecule has 0 aliphatic carbocycles. The summed E-state index contributed by atoms with van der Waals surface area (Å²) in [4.78, 5) is 0. The van der Waals surface area contributed by atoms with Crippen molar-refractivity contribution in [3.63, 3.8) is 0 Å². The number of rotatable bonds is 3. The highest BCUT2D eigenvalue weighted by Crippen LogP contribution is 2.30. The van der Waals surface area contributed by atoms with Gasteiger partial charge in [0, 0.05) is 0 Å². The smallest absolute Gasteiger partial charge is 0.125 e. The minimum atomic E-state index is -0.794. The normalized spacial score (nSPS) is 23.1. The predicted octanol–water partition coefficient (Wildman–Crippen LogP) is 3.79. The molecule has 2 atom stereocenters. The van der Waals surface area contributed by atoms with E-state index in [2.05, 4.69) is 5.32 Å². The Morgan fingerprint density at radius 2 is 2.24 bits per heavy atom. The minimum absolute atomic E-state index is 0.542. The number of aryl methyl sites for hydroxylation is 1. The summed E-state index contributed by atoms with van der Waals surface area (Å²) in [5, 5.41) is 3.38. The molecule has 1 aliphatic heterocycles. The van der Waals surface area contributed by atoms with Crippen LogP contribution in [-0.2, 0) is 0 Å². The van der Waals surface area contributed by atoms with Gasteiger partial charge in [0.25, 0.3) is 0 Å². The zero-order valence-corrected chi connectivity index (χ0v) is 10.6. The Balaban J connectivity index is 1.93. The van der Waals surface area contributed by atoms with E-state index in [1.807, 2.05) is 31.2 Å². The van der Waals surface area contributed by atoms with Crippen LogP contribution in [0, 0.1) is 12.8 Å². The van der Waals surface area contributed by atoms with Gasteiger partial charge in [-0.2, -0.15) is 0 Å². The summed E-state index contributed by atoms with van der Waals surface area (Å²) < 4.78 is 14.2. The molecule has 1 nitrogen and oxygen atoms in total. The summed E-state index contributed by atoms with van der Waals surface area (Å²) in [6, 6.07) is 7.85. The lowest BCUT2D eigenvalue weighted by Crippen LogP contribution is -2.14. The molecule has 17 heavy (non-hydrogen) atoms. The topological polar surface area (TPSA) is 12.0 Å². The lowest BCUT2D eigenvalue weighted by atomic mass is 9.91. The van der Waals surface area contributed by atoms with Crippen molar-refractivity contribution in [3.05, 3.63) is 35.4 Å². The van der Waals surface area contributed by atoms with E-state index in [1.54, 1.807) is 0 Å². The van der Waals surface area contributed by atoms with Crippen LogP contribution < -0.4 is 5.32 Å². The molecule has 0 radical (unpaired) electrons. The highest BCUT2D eigenvalue weighted by Gasteiger charge is 2.18. The van der Waals surface area contributed by atoms with Gasteiger partial charge >= 0.3 is 0 Å². The van der Waals surface area contributed by atoms with E-state index >= 15 is 0 Å². The highest BCUT2D eigenvalue weighted by molar-refractivity contribution is 5.24. The van der Waals surface area contributed by atoms with Crippen molar-refractivity contribution in [3.8, 4) is 0 Å². The van der Waals surface area contributed by atoms with E-state index in [9.17, 15) is 4.39 Å². The second kappa shape index (κ2) is 6.15. The third-order valence-electron chi connectivity index (χ3n) is 3.64. The third-order valence-corrected chi connectivity index (χ3v) is 3.64. The van der Waals surface area contributed by atoms with E-state index in [0.29, 0.717) is 12.3 Å². The number of hydrogen-bond acceptors (Lipinski definition) is 1. The molecule has 1 fully saturated rings. The van der Waals surface area contributed by atoms with E-state index in [1.165, 1.54) is 12.8 Å². The van der Waals surface area contributed by atoms with Gasteiger partial charge in [0.05, 0.1) is 0 Å². The molecule has 0 spiro atoms. The summed E-state index contributed by atoms with van der Waals surface area (Å²) in [7, 11) is 0. The summed E-state index contributed by atoms with van der Waals surface area (Å²) in [6.07, 6.45) is 3.36. The van der Waals surface area contributed by atoms with Crippen LogP contribution in [0.4, 0.5) is 4.39 Å². The first-order valence-corrected chi connectivity index (χ1v) is 6.67. The van der Waals surface area contributed by atoms with Crippen molar-refractivity contribution in [2.24, 2.45) is 5.92 Å². The Morgan fingerprint density at radius 3 is 3.06 bits per heavy atom. The Bertz CT molecular complexity index is 343. The lowest BCUT2D eigenvalue weighted by molar-refractivity contribution is 0.261. The monoisotopic (exact) mass is 235 g/mol. The molecule has 0 saturated carbocycles. The number of hydrogen-bond donors (Lipinski definition) is 1. The van der Waals surface area contributed by atoms with Gasteiger partial charge in [0.1, 0.15) is 6.17 Å². The van der Waals surface area contributed by atoms with Crippen LogP contribution in [0.25, 0.3) is 0 Å². The van der Waals surface area contributed by atoms with Crippen LogP contribution >= 0.6 is 0 Å². The Hall–Kier alpha value is -0.890. The van der Waals surface area contributed by atoms with E-state index < -0.39 is 6.17 Å². The van der Waals surface area contributed by atoms with Crippen molar-refractivity contribution >= 4 is 0 Å². The fourth-order valence-electron chi connectivity index (χ4n) is 2.62. The van der Waals surface area contributed by atoms with Crippen LogP contribution in [0.1, 0.15) is 43.0 Å². The molecular formula is C15H22FN. The van der Waals surface area contributed by atoms with Crippen LogP contribution in [0.15, 0.2) is 24.3 Å². The number of nitrogens with one attached hydrogen (secondary N) is 1. The molecule has 1 N–H and O–H groups in total. The first-order chi connectivity index (χ1) is 8.25. The number of halogens is 1. The van der Waals surface area contributed by atoms with E-state index in [4.69, 9.17) is 0 Å². The molecule has 0 bridgehead atoms. The van der Waals surface area contributed by atoms with Gasteiger partial charge in [-0.1, -0.05) is 29.8 Å². The molecule has 1 heterocycles. The first-order valence-electron chi connectivity index (χ1n) is 6.67. The summed E-state index contributed by atoms with van der Waals surface area (Å²) in [5.41, 5.74) is 2.00. The van der Waals surface area contributed by atoms with Gasteiger partial charge in [-0.15, -0.1) is 0 Å². The minimum Gasteiger partial charge on any atom is -0.317 e. The largest absolute Gasteiger partial charge is 0.317 e. The van der Waals surface area contributed by atoms with E-state index in [-0.39, 0.29) is 0 Å². The summed E-state index contributed by atoms with van der Waals surface area (Å²) in [6.45, 7) is 4.16. The molecule has 1 saturated heterocycles. The predicted molar refractivity (Wildman–Crippen MR) is 69.9 cm³/mol. The van der Waals surface area contributed by atoms with Gasteiger partial charge < -0.3 is 5.32 Å². The van der Waals surface area contributed by atoms with Gasteiger partial charge in [0.2, 0.25) is 0 Å². The molecule has 94 valence electrons. The van der Waals surface area contributed by atoms with Crippen molar-refractivity contribution < 1.29 is 4.39 Å². The van der Waals surface area contributed by atoms with Crippen molar-refractivity contribution in [2.75, 3.05) is 13.1 Å². The summed E-state index contributed by atoms with van der Waals surface area (Å²) >= 11 is 0. The van der Waals surface area contributed by atoms with Crippen LogP contribution in [0.5, 0.6) is 0 Å². The first kappa shape index (κ1) is 12.6. The maximum Gasteiger partial charge on any atom is 0.125 e. The number of benzene rings is 1. The number of alkyl halides is 1. The summed E-state index contributed by atoms with van der Waals surface area (Å²) in [5.74, 6) is 0.542. The zero-order valence-electron chi connectivity index (χ0n) is 10.6. The van der Waals surface area contributed by atoms with Gasteiger partial charge in [-0.05, 0) is 57.2 Å². The molecule has 1 aromatic carbocycles. The van der Waals surface area contributed by atoms with Crippen LogP contribution in [-0.4, -0.2) is 13.1 Å². The fourth-order valence-corrected chi connectivity index (χ4v) is 2.62. The van der Waals surface area contributed by atoms with Gasteiger partial charge in [-0.25, -0.2) is 4.39 Å². The highest BCUT2D eigenvalue weighted by atomic mass is 19.1. The molecule has 0 aromatic heterocycles. The average Bonchev–Trinajstić information content (AvgIpc) is 2.57. The quantitative estimate of drug-likeness (QED) is 0.840. The van der Waals surface area contributed by atoms with Gasteiger partial charge in [0.15, 0.2) is 0 Å². The maximum absolute atomic E-state index is 14.2. The molecule has 1 aromatic rings. The second-order valence-electron chi connectivity index (χ2n) is 5.16. The van der Waals surface area contributed by atoms with Crippen molar-refractivity contribution in [1.82, 2.24) is 5.32 Å².